The summed E-state index contributed by atoms with van der Waals surface area (Å²) in [7, 11) is 0. The normalized spacial score (nSPS) is 9.94. The van der Waals surface area contributed by atoms with Crippen LogP contribution in [0.3, 0.4) is 0 Å². The number of rotatable bonds is 5. The molecule has 1 aromatic rings. The van der Waals surface area contributed by atoms with Crippen LogP contribution in [0.25, 0.3) is 0 Å². The number of hydrogen-bond acceptors (Lipinski definition) is 3. The molecule has 0 unspecified atom stereocenters. The Morgan fingerprint density at radius 1 is 1.17 bits per heavy atom. The van der Waals surface area contributed by atoms with E-state index < -0.39 is 0 Å². The van der Waals surface area contributed by atoms with Crippen molar-refractivity contribution in [2.45, 2.75) is 26.7 Å². The molecule has 1 rings (SSSR count). The lowest BCUT2D eigenvalue weighted by Gasteiger charge is -2.12. The van der Waals surface area contributed by atoms with Crippen molar-refractivity contribution in [3.05, 3.63) is 23.8 Å². The molecule has 2 amide bonds. The molecule has 0 fully saturated rings. The van der Waals surface area contributed by atoms with Crippen LogP contribution in [-0.2, 0) is 16.0 Å². The van der Waals surface area contributed by atoms with Crippen LogP contribution in [-0.4, -0.2) is 23.5 Å². The van der Waals surface area contributed by atoms with Gasteiger partial charge in [0.2, 0.25) is 11.8 Å². The Morgan fingerprint density at radius 3 is 2.39 bits per heavy atom. The van der Waals surface area contributed by atoms with Crippen molar-refractivity contribution in [2.75, 3.05) is 17.2 Å². The van der Waals surface area contributed by atoms with Gasteiger partial charge in [0.05, 0.1) is 0 Å². The maximum Gasteiger partial charge on any atom is 0.221 e. The summed E-state index contributed by atoms with van der Waals surface area (Å²) in [5, 5.41) is 14.3. The van der Waals surface area contributed by atoms with Gasteiger partial charge in [0.15, 0.2) is 0 Å². The number of hydrogen-bond donors (Lipinski definition) is 3. The van der Waals surface area contributed by atoms with Crippen molar-refractivity contribution in [1.82, 2.24) is 0 Å². The largest absolute Gasteiger partial charge is 0.396 e. The summed E-state index contributed by atoms with van der Waals surface area (Å²) in [4.78, 5) is 22.1. The van der Waals surface area contributed by atoms with E-state index in [0.29, 0.717) is 24.2 Å². The van der Waals surface area contributed by atoms with Crippen LogP contribution in [0.4, 0.5) is 11.4 Å². The summed E-state index contributed by atoms with van der Waals surface area (Å²) in [6.07, 6.45) is 1.25. The minimum absolute atomic E-state index is 0.0872. The predicted molar refractivity (Wildman–Crippen MR) is 70.5 cm³/mol. The first-order chi connectivity index (χ1) is 8.52. The predicted octanol–water partition coefficient (Wildman–Crippen LogP) is 1.53. The van der Waals surface area contributed by atoms with Crippen molar-refractivity contribution in [3.63, 3.8) is 0 Å². The first-order valence-corrected chi connectivity index (χ1v) is 5.82. The molecule has 18 heavy (non-hydrogen) atoms. The Morgan fingerprint density at radius 2 is 1.83 bits per heavy atom. The molecule has 5 nitrogen and oxygen atoms in total. The highest BCUT2D eigenvalue weighted by molar-refractivity contribution is 5.92. The van der Waals surface area contributed by atoms with Crippen molar-refractivity contribution in [3.8, 4) is 0 Å². The Balaban J connectivity index is 2.95. The fraction of sp³-hybridized carbons (Fsp3) is 0.385. The van der Waals surface area contributed by atoms with E-state index in [9.17, 15) is 9.59 Å². The second-order valence-electron chi connectivity index (χ2n) is 4.06. The van der Waals surface area contributed by atoms with Crippen LogP contribution in [0.2, 0.25) is 0 Å². The average Bonchev–Trinajstić information content (AvgIpc) is 2.27. The summed E-state index contributed by atoms with van der Waals surface area (Å²) >= 11 is 0. The van der Waals surface area contributed by atoms with Crippen molar-refractivity contribution in [2.24, 2.45) is 0 Å². The highest BCUT2D eigenvalue weighted by atomic mass is 16.3. The van der Waals surface area contributed by atoms with Gasteiger partial charge in [0.25, 0.3) is 0 Å². The Hall–Kier alpha value is -1.88. The number of amides is 2. The fourth-order valence-electron chi connectivity index (χ4n) is 1.66. The number of benzene rings is 1. The minimum atomic E-state index is -0.146. The Bertz CT molecular complexity index is 444. The maximum absolute atomic E-state index is 11.1. The van der Waals surface area contributed by atoms with E-state index in [1.807, 2.05) is 6.07 Å². The smallest absolute Gasteiger partial charge is 0.221 e. The SMILES string of the molecule is CC(=O)Nc1ccc(NC(C)=O)c(CCCO)c1. The van der Waals surface area contributed by atoms with Crippen LogP contribution < -0.4 is 10.6 Å². The molecule has 0 radical (unpaired) electrons. The molecular weight excluding hydrogens is 232 g/mol. The summed E-state index contributed by atoms with van der Waals surface area (Å²) in [5.41, 5.74) is 2.29. The Kier molecular flexibility index (Phi) is 5.32. The first kappa shape index (κ1) is 14.2. The molecule has 0 aromatic heterocycles. The number of carbonyl (C=O) groups excluding carboxylic acids is 2. The lowest BCUT2D eigenvalue weighted by atomic mass is 10.1. The molecule has 5 heteroatoms. The van der Waals surface area contributed by atoms with E-state index >= 15 is 0 Å². The molecule has 3 N–H and O–H groups in total. The van der Waals surface area contributed by atoms with Crippen molar-refractivity contribution < 1.29 is 14.7 Å². The molecule has 0 spiro atoms. The third-order valence-electron chi connectivity index (χ3n) is 2.34. The summed E-state index contributed by atoms with van der Waals surface area (Å²) in [5.74, 6) is -0.289. The monoisotopic (exact) mass is 250 g/mol. The van der Waals surface area contributed by atoms with Gasteiger partial charge < -0.3 is 15.7 Å². The highest BCUT2D eigenvalue weighted by Gasteiger charge is 2.06. The second kappa shape index (κ2) is 6.76. The molecule has 98 valence electrons. The van der Waals surface area contributed by atoms with Gasteiger partial charge >= 0.3 is 0 Å². The topological polar surface area (TPSA) is 78.4 Å². The van der Waals surface area contributed by atoms with E-state index in [2.05, 4.69) is 10.6 Å². The van der Waals surface area contributed by atoms with Gasteiger partial charge in [-0.15, -0.1) is 0 Å². The van der Waals surface area contributed by atoms with Gasteiger partial charge in [-0.25, -0.2) is 0 Å². The van der Waals surface area contributed by atoms with E-state index in [1.54, 1.807) is 12.1 Å². The van der Waals surface area contributed by atoms with Crippen LogP contribution in [0.15, 0.2) is 18.2 Å². The zero-order chi connectivity index (χ0) is 13.5. The van der Waals surface area contributed by atoms with Crippen LogP contribution in [0.1, 0.15) is 25.8 Å². The summed E-state index contributed by atoms with van der Waals surface area (Å²) in [6, 6.07) is 5.29. The Labute approximate surface area is 106 Å². The first-order valence-electron chi connectivity index (χ1n) is 5.82. The molecule has 0 saturated carbocycles. The molecule has 1 aromatic carbocycles. The lowest BCUT2D eigenvalue weighted by molar-refractivity contribution is -0.115. The zero-order valence-corrected chi connectivity index (χ0v) is 10.6. The average molecular weight is 250 g/mol. The lowest BCUT2D eigenvalue weighted by Crippen LogP contribution is -2.10. The molecule has 0 aliphatic heterocycles. The number of nitrogens with one attached hydrogen (secondary N) is 2. The van der Waals surface area contributed by atoms with Gasteiger partial charge in [0.1, 0.15) is 0 Å². The van der Waals surface area contributed by atoms with E-state index in [0.717, 1.165) is 5.56 Å². The molecular formula is C13H18N2O3. The molecule has 0 saturated heterocycles. The molecule has 0 atom stereocenters. The molecule has 0 aliphatic carbocycles. The number of carbonyl (C=O) groups is 2. The van der Waals surface area contributed by atoms with Crippen LogP contribution >= 0.6 is 0 Å². The summed E-state index contributed by atoms with van der Waals surface area (Å²) in [6.45, 7) is 2.97. The third kappa shape index (κ3) is 4.55. The third-order valence-corrected chi connectivity index (χ3v) is 2.34. The van der Waals surface area contributed by atoms with Gasteiger partial charge in [-0.2, -0.15) is 0 Å². The number of aryl methyl sites for hydroxylation is 1. The van der Waals surface area contributed by atoms with E-state index in [4.69, 9.17) is 5.11 Å². The van der Waals surface area contributed by atoms with Crippen molar-refractivity contribution >= 4 is 23.2 Å². The van der Waals surface area contributed by atoms with Gasteiger partial charge in [-0.3, -0.25) is 9.59 Å². The van der Waals surface area contributed by atoms with Gasteiger partial charge in [-0.1, -0.05) is 0 Å². The number of anilines is 2. The number of aliphatic hydroxyl groups excluding tert-OH is 1. The maximum atomic E-state index is 11.1. The quantitative estimate of drug-likeness (QED) is 0.741. The van der Waals surface area contributed by atoms with Crippen molar-refractivity contribution in [1.29, 1.82) is 0 Å². The van der Waals surface area contributed by atoms with Crippen LogP contribution in [0, 0.1) is 0 Å². The standard InChI is InChI=1S/C13H18N2O3/c1-9(17)14-12-5-6-13(15-10(2)18)11(8-12)4-3-7-16/h5-6,8,16H,3-4,7H2,1-2H3,(H,14,17)(H,15,18). The molecule has 0 heterocycles. The summed E-state index contributed by atoms with van der Waals surface area (Å²) < 4.78 is 0. The highest BCUT2D eigenvalue weighted by Crippen LogP contribution is 2.22. The van der Waals surface area contributed by atoms with Crippen LogP contribution in [0.5, 0.6) is 0 Å². The van der Waals surface area contributed by atoms with E-state index in [1.165, 1.54) is 13.8 Å². The minimum Gasteiger partial charge on any atom is -0.396 e. The second-order valence-corrected chi connectivity index (χ2v) is 4.06. The zero-order valence-electron chi connectivity index (χ0n) is 10.6. The van der Waals surface area contributed by atoms with Gasteiger partial charge in [0, 0.05) is 31.8 Å². The fourth-order valence-corrected chi connectivity index (χ4v) is 1.66. The molecule has 0 bridgehead atoms. The van der Waals surface area contributed by atoms with E-state index in [-0.39, 0.29) is 18.4 Å². The van der Waals surface area contributed by atoms with Gasteiger partial charge in [-0.05, 0) is 36.6 Å². The molecule has 0 aliphatic rings. The number of aliphatic hydroxyl groups is 1.